The fourth-order valence-electron chi connectivity index (χ4n) is 7.98. The van der Waals surface area contributed by atoms with E-state index < -0.39 is 84.3 Å². The lowest BCUT2D eigenvalue weighted by Gasteiger charge is -2.34. The van der Waals surface area contributed by atoms with Crippen LogP contribution in [0.15, 0.2) is 121 Å². The maximum Gasteiger partial charge on any atom is 0.246 e. The average molecular weight is 871 g/mol. The molecule has 5 aromatic rings. The number of carbonyl (C=O) groups is 6. The number of nitrogens with two attached hydrogens (primary N) is 1. The number of aromatic amines is 1. The number of benzene rings is 4. The molecule has 0 spiro atoms. The van der Waals surface area contributed by atoms with Crippen molar-refractivity contribution in [3.05, 3.63) is 144 Å². The minimum Gasteiger partial charge on any atom is -0.391 e. The number of H-pyrrole nitrogens is 1. The van der Waals surface area contributed by atoms with Gasteiger partial charge in [0, 0.05) is 36.4 Å². The van der Waals surface area contributed by atoms with Crippen LogP contribution in [0.1, 0.15) is 61.4 Å². The third-order valence-corrected chi connectivity index (χ3v) is 11.6. The van der Waals surface area contributed by atoms with Crippen molar-refractivity contribution in [1.82, 2.24) is 36.5 Å². The van der Waals surface area contributed by atoms with Crippen LogP contribution in [0.3, 0.4) is 0 Å². The highest BCUT2D eigenvalue weighted by Gasteiger charge is 2.37. The van der Waals surface area contributed by atoms with Gasteiger partial charge in [-0.25, -0.2) is 0 Å². The predicted octanol–water partition coefficient (Wildman–Crippen LogP) is 2.73. The molecule has 6 amide bonds. The second kappa shape index (κ2) is 22.5. The van der Waals surface area contributed by atoms with Crippen molar-refractivity contribution in [3.63, 3.8) is 0 Å². The van der Waals surface area contributed by atoms with E-state index in [0.29, 0.717) is 36.1 Å². The summed E-state index contributed by atoms with van der Waals surface area (Å²) in [6.07, 6.45) is 1.42. The molecule has 1 aromatic heterocycles. The molecule has 64 heavy (non-hydrogen) atoms. The van der Waals surface area contributed by atoms with Crippen LogP contribution >= 0.6 is 0 Å². The summed E-state index contributed by atoms with van der Waals surface area (Å²) < 4.78 is 0. The lowest BCUT2D eigenvalue weighted by molar-refractivity contribution is -0.143. The monoisotopic (exact) mass is 870 g/mol. The zero-order valence-electron chi connectivity index (χ0n) is 36.2. The number of nitrogens with zero attached hydrogens (tertiary/aromatic N) is 1. The van der Waals surface area contributed by atoms with E-state index in [2.05, 4.69) is 31.6 Å². The Morgan fingerprint density at radius 2 is 1.14 bits per heavy atom. The lowest BCUT2D eigenvalue weighted by Crippen LogP contribution is -2.62. The highest BCUT2D eigenvalue weighted by atomic mass is 16.3. The Labute approximate surface area is 372 Å². The number of para-hydroxylation sites is 1. The molecule has 0 radical (unpaired) electrons. The van der Waals surface area contributed by atoms with Gasteiger partial charge >= 0.3 is 0 Å². The van der Waals surface area contributed by atoms with Crippen molar-refractivity contribution in [2.75, 3.05) is 13.1 Å². The number of unbranched alkanes of at least 4 members (excludes halogenated alkanes) is 1. The SMILES string of the molecule is C[C@@H](O)[C@@H]1NC(=O)[C@H](CCCCN)NC(=O)[C@@H](Cc2c[nH]c3ccccc23)NC(=O)[C@H](Cc2ccccc2)NC(=O)CN([C@@H](C)c2ccccc2)C(=O)[C@H](Cc2ccccc2)NC1=O. The standard InChI is InChI=1S/C49H58N8O7/c1-31(35-20-10-5-11-21-35)57-30-43(59)52-40(26-33-16-6-3-7-17-33)46(61)54-41(28-36-29-51-38-23-13-12-22-37(36)38)47(62)53-39(24-14-15-25-50)45(60)56-44(32(2)58)48(63)55-42(49(57)64)27-34-18-8-4-9-19-34/h3-13,16-23,29,31-32,39-42,44,51,58H,14-15,24-28,30,50H2,1-2H3,(H,52,59)(H,53,62)(H,54,61)(H,55,63)(H,56,60)/t31-,32+,39-,40-,41+,42-,44-/m0/s1. The van der Waals surface area contributed by atoms with E-state index in [9.17, 15) is 33.9 Å². The molecule has 9 N–H and O–H groups in total. The Bertz CT molecular complexity index is 2360. The van der Waals surface area contributed by atoms with Gasteiger partial charge in [-0.3, -0.25) is 28.8 Å². The van der Waals surface area contributed by atoms with Gasteiger partial charge in [-0.2, -0.15) is 0 Å². The van der Waals surface area contributed by atoms with Gasteiger partial charge in [-0.05, 0) is 68.0 Å². The minimum absolute atomic E-state index is 0.000144. The number of rotatable bonds is 13. The molecule has 0 aliphatic carbocycles. The van der Waals surface area contributed by atoms with Crippen LogP contribution in [0.5, 0.6) is 0 Å². The van der Waals surface area contributed by atoms with Crippen molar-refractivity contribution in [2.24, 2.45) is 5.73 Å². The van der Waals surface area contributed by atoms with Crippen LogP contribution in [0.2, 0.25) is 0 Å². The molecule has 2 heterocycles. The van der Waals surface area contributed by atoms with Crippen molar-refractivity contribution in [3.8, 4) is 0 Å². The molecule has 1 aliphatic rings. The summed E-state index contributed by atoms with van der Waals surface area (Å²) in [6, 6.07) is 27.4. The molecule has 15 heteroatoms. The van der Waals surface area contributed by atoms with Crippen LogP contribution in [-0.4, -0.2) is 99.8 Å². The molecule has 336 valence electrons. The number of fused-ring (bicyclic) bond motifs is 1. The number of aliphatic hydroxyl groups is 1. The number of aromatic nitrogens is 1. The number of hydrogen-bond donors (Lipinski definition) is 8. The lowest BCUT2D eigenvalue weighted by atomic mass is 10.00. The van der Waals surface area contributed by atoms with Crippen LogP contribution < -0.4 is 32.3 Å². The van der Waals surface area contributed by atoms with E-state index in [1.54, 1.807) is 37.4 Å². The summed E-state index contributed by atoms with van der Waals surface area (Å²) >= 11 is 0. The van der Waals surface area contributed by atoms with Crippen LogP contribution in [0, 0.1) is 0 Å². The normalized spacial score (nSPS) is 21.7. The highest BCUT2D eigenvalue weighted by molar-refractivity contribution is 5.98. The van der Waals surface area contributed by atoms with Crippen molar-refractivity contribution in [2.45, 2.75) is 94.7 Å². The smallest absolute Gasteiger partial charge is 0.246 e. The minimum atomic E-state index is -1.56. The fourth-order valence-corrected chi connectivity index (χ4v) is 7.98. The average Bonchev–Trinajstić information content (AvgIpc) is 3.71. The first kappa shape index (κ1) is 46.7. The van der Waals surface area contributed by atoms with Gasteiger partial charge in [-0.1, -0.05) is 109 Å². The number of carbonyl (C=O) groups excluding carboxylic acids is 6. The van der Waals surface area contributed by atoms with E-state index in [4.69, 9.17) is 5.73 Å². The van der Waals surface area contributed by atoms with Crippen molar-refractivity contribution in [1.29, 1.82) is 0 Å². The van der Waals surface area contributed by atoms with Gasteiger partial charge in [0.15, 0.2) is 0 Å². The van der Waals surface area contributed by atoms with Crippen molar-refractivity contribution < 1.29 is 33.9 Å². The van der Waals surface area contributed by atoms with Gasteiger partial charge in [0.2, 0.25) is 35.4 Å². The van der Waals surface area contributed by atoms with Gasteiger partial charge < -0.3 is 47.3 Å². The first-order valence-corrected chi connectivity index (χ1v) is 21.8. The van der Waals surface area contributed by atoms with Crippen LogP contribution in [-0.2, 0) is 48.0 Å². The largest absolute Gasteiger partial charge is 0.391 e. The number of hydrogen-bond acceptors (Lipinski definition) is 8. The molecule has 7 atom stereocenters. The summed E-state index contributed by atoms with van der Waals surface area (Å²) in [7, 11) is 0. The quantitative estimate of drug-likeness (QED) is 0.0820. The Morgan fingerprint density at radius 3 is 1.77 bits per heavy atom. The van der Waals surface area contributed by atoms with E-state index in [0.717, 1.165) is 16.5 Å². The number of nitrogens with one attached hydrogen (secondary N) is 6. The zero-order chi connectivity index (χ0) is 45.6. The van der Waals surface area contributed by atoms with E-state index in [1.165, 1.54) is 11.8 Å². The zero-order valence-corrected chi connectivity index (χ0v) is 36.2. The Hall–Kier alpha value is -6.84. The highest BCUT2D eigenvalue weighted by Crippen LogP contribution is 2.23. The fraction of sp³-hybridized carbons (Fsp3) is 0.347. The summed E-state index contributed by atoms with van der Waals surface area (Å²) in [5.74, 6) is -4.24. The number of amides is 6. The molecular weight excluding hydrogens is 813 g/mol. The van der Waals surface area contributed by atoms with Gasteiger partial charge in [-0.15, -0.1) is 0 Å². The Kier molecular flexibility index (Phi) is 16.4. The maximum absolute atomic E-state index is 15.0. The van der Waals surface area contributed by atoms with E-state index >= 15 is 0 Å². The molecule has 6 rings (SSSR count). The third kappa shape index (κ3) is 12.4. The molecule has 1 saturated heterocycles. The topological polar surface area (TPSA) is 228 Å². The number of aliphatic hydroxyl groups excluding tert-OH is 1. The van der Waals surface area contributed by atoms with Crippen LogP contribution in [0.4, 0.5) is 0 Å². The molecule has 4 aromatic carbocycles. The van der Waals surface area contributed by atoms with Crippen LogP contribution in [0.25, 0.3) is 10.9 Å². The molecule has 15 nitrogen and oxygen atoms in total. The van der Waals surface area contributed by atoms with E-state index in [-0.39, 0.29) is 25.7 Å². The second-order valence-electron chi connectivity index (χ2n) is 16.3. The Balaban J connectivity index is 1.44. The predicted molar refractivity (Wildman–Crippen MR) is 243 cm³/mol. The molecule has 0 bridgehead atoms. The molecule has 0 unspecified atom stereocenters. The molecule has 1 fully saturated rings. The Morgan fingerprint density at radius 1 is 0.609 bits per heavy atom. The third-order valence-electron chi connectivity index (χ3n) is 11.6. The van der Waals surface area contributed by atoms with Gasteiger partial charge in [0.1, 0.15) is 36.8 Å². The first-order valence-electron chi connectivity index (χ1n) is 21.8. The summed E-state index contributed by atoms with van der Waals surface area (Å²) in [4.78, 5) is 91.6. The first-order chi connectivity index (χ1) is 30.9. The molecule has 0 saturated carbocycles. The van der Waals surface area contributed by atoms with E-state index in [1.807, 2.05) is 91.0 Å². The van der Waals surface area contributed by atoms with Gasteiger partial charge in [0.25, 0.3) is 0 Å². The summed E-state index contributed by atoms with van der Waals surface area (Å²) in [5.41, 5.74) is 9.46. The second-order valence-corrected chi connectivity index (χ2v) is 16.3. The van der Waals surface area contributed by atoms with Gasteiger partial charge in [0.05, 0.1) is 12.1 Å². The molecule has 1 aliphatic heterocycles. The maximum atomic E-state index is 15.0. The van der Waals surface area contributed by atoms with Crippen molar-refractivity contribution >= 4 is 46.3 Å². The summed E-state index contributed by atoms with van der Waals surface area (Å²) in [5, 5.41) is 25.8. The summed E-state index contributed by atoms with van der Waals surface area (Å²) in [6.45, 7) is 2.90. The molecular formula is C49H58N8O7.